The quantitative estimate of drug-likeness (QED) is 0.772. The summed E-state index contributed by atoms with van der Waals surface area (Å²) in [6.07, 6.45) is 5.04. The fraction of sp³-hybridized carbons (Fsp3) is 0.667. The van der Waals surface area contributed by atoms with E-state index in [9.17, 15) is 0 Å². The second kappa shape index (κ2) is 6.56. The summed E-state index contributed by atoms with van der Waals surface area (Å²) >= 11 is 0. The molecule has 1 N–H and O–H groups in total. The van der Waals surface area contributed by atoms with Crippen molar-refractivity contribution in [3.63, 3.8) is 0 Å². The highest BCUT2D eigenvalue weighted by molar-refractivity contribution is 5.39. The van der Waals surface area contributed by atoms with Crippen molar-refractivity contribution in [3.8, 4) is 0 Å². The Morgan fingerprint density at radius 3 is 2.68 bits per heavy atom. The van der Waals surface area contributed by atoms with Crippen LogP contribution in [-0.2, 0) is 0 Å². The van der Waals surface area contributed by atoms with E-state index >= 15 is 0 Å². The van der Waals surface area contributed by atoms with Crippen LogP contribution in [0.2, 0.25) is 0 Å². The minimum Gasteiger partial charge on any atom is -0.310 e. The van der Waals surface area contributed by atoms with Gasteiger partial charge < -0.3 is 5.32 Å². The molecule has 1 nitrogen and oxygen atoms in total. The average molecular weight is 259 g/mol. The Morgan fingerprint density at radius 2 is 2.00 bits per heavy atom. The summed E-state index contributed by atoms with van der Waals surface area (Å²) in [7, 11) is 0. The van der Waals surface area contributed by atoms with Crippen molar-refractivity contribution in [1.29, 1.82) is 0 Å². The van der Waals surface area contributed by atoms with Crippen LogP contribution in [0, 0.1) is 0 Å². The highest BCUT2D eigenvalue weighted by Gasteiger charge is 2.24. The minimum absolute atomic E-state index is 0.579. The molecule has 0 radical (unpaired) electrons. The van der Waals surface area contributed by atoms with Gasteiger partial charge in [-0.05, 0) is 60.8 Å². The lowest BCUT2D eigenvalue weighted by atomic mass is 9.79. The van der Waals surface area contributed by atoms with Crippen molar-refractivity contribution in [3.05, 3.63) is 34.9 Å². The van der Waals surface area contributed by atoms with Gasteiger partial charge in [-0.25, -0.2) is 0 Å². The summed E-state index contributed by atoms with van der Waals surface area (Å²) in [5, 5.41) is 3.73. The Kier molecular flexibility index (Phi) is 5.04. The van der Waals surface area contributed by atoms with Crippen LogP contribution in [0.5, 0.6) is 0 Å². The molecule has 1 aliphatic rings. The van der Waals surface area contributed by atoms with Crippen molar-refractivity contribution in [2.45, 2.75) is 71.3 Å². The zero-order valence-corrected chi connectivity index (χ0v) is 13.0. The second-order valence-corrected chi connectivity index (χ2v) is 6.18. The van der Waals surface area contributed by atoms with Gasteiger partial charge in [0.2, 0.25) is 0 Å². The standard InChI is InChI=1S/C18H29N/c1-5-11-19-18-10-7-14(4)16-9-8-15(12-17(16)18)13(3)6-2/h8-9,12-14,18-19H,5-7,10-11H2,1-4H3. The van der Waals surface area contributed by atoms with Gasteiger partial charge in [0.15, 0.2) is 0 Å². The first kappa shape index (κ1) is 14.6. The first-order chi connectivity index (χ1) is 9.17. The minimum atomic E-state index is 0.579. The van der Waals surface area contributed by atoms with Gasteiger partial charge in [0.05, 0.1) is 0 Å². The number of hydrogen-bond donors (Lipinski definition) is 1. The molecule has 0 spiro atoms. The maximum absolute atomic E-state index is 3.73. The van der Waals surface area contributed by atoms with E-state index in [0.29, 0.717) is 12.0 Å². The predicted octanol–water partition coefficient (Wildman–Crippen LogP) is 5.14. The zero-order valence-electron chi connectivity index (χ0n) is 13.0. The molecule has 1 aliphatic carbocycles. The fourth-order valence-corrected chi connectivity index (χ4v) is 3.14. The third kappa shape index (κ3) is 3.20. The molecule has 0 aliphatic heterocycles. The van der Waals surface area contributed by atoms with Crippen LogP contribution in [-0.4, -0.2) is 6.54 Å². The normalized spacial score (nSPS) is 24.0. The topological polar surface area (TPSA) is 12.0 Å². The fourth-order valence-electron chi connectivity index (χ4n) is 3.14. The molecule has 0 saturated carbocycles. The van der Waals surface area contributed by atoms with Gasteiger partial charge in [-0.15, -0.1) is 0 Å². The number of benzene rings is 1. The molecule has 3 atom stereocenters. The van der Waals surface area contributed by atoms with E-state index in [-0.39, 0.29) is 0 Å². The molecule has 2 rings (SSSR count). The Bertz CT molecular complexity index is 410. The maximum Gasteiger partial charge on any atom is 0.0323 e. The number of fused-ring (bicyclic) bond motifs is 1. The van der Waals surface area contributed by atoms with Crippen LogP contribution in [0.15, 0.2) is 18.2 Å². The van der Waals surface area contributed by atoms with Gasteiger partial charge in [0.25, 0.3) is 0 Å². The highest BCUT2D eigenvalue weighted by atomic mass is 14.9. The van der Waals surface area contributed by atoms with Gasteiger partial charge in [0.1, 0.15) is 0 Å². The lowest BCUT2D eigenvalue weighted by Crippen LogP contribution is -2.27. The van der Waals surface area contributed by atoms with Crippen molar-refractivity contribution >= 4 is 0 Å². The molecule has 1 aromatic rings. The van der Waals surface area contributed by atoms with Crippen molar-refractivity contribution in [2.24, 2.45) is 0 Å². The first-order valence-corrected chi connectivity index (χ1v) is 8.04. The molecule has 19 heavy (non-hydrogen) atoms. The van der Waals surface area contributed by atoms with Gasteiger partial charge in [-0.3, -0.25) is 0 Å². The third-order valence-corrected chi connectivity index (χ3v) is 4.73. The Labute approximate surface area is 118 Å². The molecule has 1 heteroatoms. The zero-order chi connectivity index (χ0) is 13.8. The van der Waals surface area contributed by atoms with E-state index < -0.39 is 0 Å². The van der Waals surface area contributed by atoms with Crippen LogP contribution in [0.25, 0.3) is 0 Å². The Hall–Kier alpha value is -0.820. The van der Waals surface area contributed by atoms with Gasteiger partial charge in [0, 0.05) is 6.04 Å². The molecule has 0 aromatic heterocycles. The largest absolute Gasteiger partial charge is 0.310 e. The third-order valence-electron chi connectivity index (χ3n) is 4.73. The van der Waals surface area contributed by atoms with Gasteiger partial charge in [-0.1, -0.05) is 45.9 Å². The molecule has 0 amide bonds. The van der Waals surface area contributed by atoms with Crippen LogP contribution in [0.3, 0.4) is 0 Å². The lowest BCUT2D eigenvalue weighted by molar-refractivity contribution is 0.432. The summed E-state index contributed by atoms with van der Waals surface area (Å²) in [4.78, 5) is 0. The molecule has 1 aromatic carbocycles. The molecular weight excluding hydrogens is 230 g/mol. The molecular formula is C18H29N. The first-order valence-electron chi connectivity index (χ1n) is 8.04. The van der Waals surface area contributed by atoms with E-state index in [1.165, 1.54) is 31.2 Å². The smallest absolute Gasteiger partial charge is 0.0323 e. The number of hydrogen-bond acceptors (Lipinski definition) is 1. The SMILES string of the molecule is CCCNC1CCC(C)c2ccc(C(C)CC)cc21. The van der Waals surface area contributed by atoms with Crippen molar-refractivity contribution in [2.75, 3.05) is 6.54 Å². The summed E-state index contributed by atoms with van der Waals surface area (Å²) < 4.78 is 0. The summed E-state index contributed by atoms with van der Waals surface area (Å²) in [6.45, 7) is 10.4. The number of rotatable bonds is 5. The van der Waals surface area contributed by atoms with E-state index in [1.807, 2.05) is 0 Å². The highest BCUT2D eigenvalue weighted by Crippen LogP contribution is 2.38. The van der Waals surface area contributed by atoms with E-state index in [0.717, 1.165) is 12.5 Å². The monoisotopic (exact) mass is 259 g/mol. The summed E-state index contributed by atoms with van der Waals surface area (Å²) in [5.41, 5.74) is 4.66. The summed E-state index contributed by atoms with van der Waals surface area (Å²) in [6, 6.07) is 7.80. The van der Waals surface area contributed by atoms with Crippen LogP contribution in [0.4, 0.5) is 0 Å². The van der Waals surface area contributed by atoms with Crippen LogP contribution in [0.1, 0.15) is 87.9 Å². The molecule has 106 valence electrons. The number of nitrogens with one attached hydrogen (secondary N) is 1. The molecule has 0 bridgehead atoms. The van der Waals surface area contributed by atoms with Gasteiger partial charge in [-0.2, -0.15) is 0 Å². The molecule has 0 heterocycles. The predicted molar refractivity (Wildman–Crippen MR) is 83.8 cm³/mol. The molecule has 3 unspecified atom stereocenters. The lowest BCUT2D eigenvalue weighted by Gasteiger charge is -2.31. The van der Waals surface area contributed by atoms with E-state index in [2.05, 4.69) is 51.2 Å². The maximum atomic E-state index is 3.73. The average Bonchev–Trinajstić information content (AvgIpc) is 2.45. The van der Waals surface area contributed by atoms with E-state index in [1.54, 1.807) is 11.1 Å². The van der Waals surface area contributed by atoms with Crippen LogP contribution < -0.4 is 5.32 Å². The van der Waals surface area contributed by atoms with Crippen molar-refractivity contribution in [1.82, 2.24) is 5.32 Å². The Morgan fingerprint density at radius 1 is 1.21 bits per heavy atom. The molecule has 0 fully saturated rings. The Balaban J connectivity index is 2.30. The van der Waals surface area contributed by atoms with E-state index in [4.69, 9.17) is 0 Å². The molecule has 0 saturated heterocycles. The summed E-state index contributed by atoms with van der Waals surface area (Å²) in [5.74, 6) is 1.40. The van der Waals surface area contributed by atoms with Crippen LogP contribution >= 0.6 is 0 Å². The van der Waals surface area contributed by atoms with Gasteiger partial charge >= 0.3 is 0 Å². The van der Waals surface area contributed by atoms with Crippen molar-refractivity contribution < 1.29 is 0 Å². The second-order valence-electron chi connectivity index (χ2n) is 6.18.